The van der Waals surface area contributed by atoms with Crippen LogP contribution >= 0.6 is 15.9 Å². The number of alkyl halides is 2. The molecule has 0 atom stereocenters. The Hall–Kier alpha value is -1.21. The molecule has 7 heteroatoms. The summed E-state index contributed by atoms with van der Waals surface area (Å²) in [7, 11) is 0. The average Bonchev–Trinajstić information content (AvgIpc) is 2.35. The van der Waals surface area contributed by atoms with Crippen molar-refractivity contribution < 1.29 is 23.4 Å². The number of hydrogen-bond donors (Lipinski definition) is 1. The molecule has 0 bridgehead atoms. The van der Waals surface area contributed by atoms with Crippen LogP contribution in [0.3, 0.4) is 0 Å². The van der Waals surface area contributed by atoms with Gasteiger partial charge in [-0.15, -0.1) is 0 Å². The summed E-state index contributed by atoms with van der Waals surface area (Å²) in [5, 5.41) is 8.73. The zero-order valence-electron chi connectivity index (χ0n) is 10.1. The zero-order chi connectivity index (χ0) is 14.3. The molecule has 4 nitrogen and oxygen atoms in total. The summed E-state index contributed by atoms with van der Waals surface area (Å²) >= 11 is 3.25. The number of amides is 1. The zero-order valence-corrected chi connectivity index (χ0v) is 11.6. The molecule has 1 aromatic rings. The molecule has 0 saturated heterocycles. The van der Waals surface area contributed by atoms with E-state index in [4.69, 9.17) is 9.84 Å². The van der Waals surface area contributed by atoms with Crippen LogP contribution in [0.4, 0.5) is 8.78 Å². The van der Waals surface area contributed by atoms with Crippen molar-refractivity contribution in [2.45, 2.75) is 6.43 Å². The maximum atomic E-state index is 12.3. The van der Waals surface area contributed by atoms with Gasteiger partial charge in [-0.05, 0) is 18.2 Å². The molecule has 0 aliphatic heterocycles. The molecule has 0 aliphatic carbocycles. The molecular weight excluding hydrogens is 324 g/mol. The van der Waals surface area contributed by atoms with Crippen LogP contribution in [0.2, 0.25) is 0 Å². The van der Waals surface area contributed by atoms with Crippen LogP contribution in [-0.4, -0.2) is 48.6 Å². The van der Waals surface area contributed by atoms with Crippen molar-refractivity contribution in [2.24, 2.45) is 0 Å². The number of rotatable bonds is 7. The van der Waals surface area contributed by atoms with E-state index in [1.807, 2.05) is 0 Å². The first kappa shape index (κ1) is 15.8. The van der Waals surface area contributed by atoms with E-state index in [0.29, 0.717) is 5.75 Å². The summed E-state index contributed by atoms with van der Waals surface area (Å²) < 4.78 is 30.5. The van der Waals surface area contributed by atoms with E-state index < -0.39 is 18.9 Å². The summed E-state index contributed by atoms with van der Waals surface area (Å²) in [4.78, 5) is 12.5. The Bertz CT molecular complexity index is 418. The number of carbonyl (C=O) groups excluding carboxylic acids is 1. The van der Waals surface area contributed by atoms with Gasteiger partial charge in [0, 0.05) is 11.0 Å². The standard InChI is InChI=1S/C12H14BrF2NO3/c13-9-2-1-3-10(6-9)19-8-12(18)16(4-5-17)7-11(14)15/h1-3,6,11,17H,4-5,7-8H2. The van der Waals surface area contributed by atoms with Gasteiger partial charge >= 0.3 is 0 Å². The van der Waals surface area contributed by atoms with Crippen molar-refractivity contribution in [1.82, 2.24) is 4.90 Å². The molecule has 0 aliphatic rings. The minimum atomic E-state index is -2.64. The molecule has 0 heterocycles. The third kappa shape index (κ3) is 5.98. The lowest BCUT2D eigenvalue weighted by Crippen LogP contribution is -2.40. The Morgan fingerprint density at radius 2 is 2.21 bits per heavy atom. The van der Waals surface area contributed by atoms with Crippen LogP contribution in [0.25, 0.3) is 0 Å². The highest BCUT2D eigenvalue weighted by molar-refractivity contribution is 9.10. The molecular formula is C12H14BrF2NO3. The maximum Gasteiger partial charge on any atom is 0.260 e. The fourth-order valence-corrected chi connectivity index (χ4v) is 1.78. The SMILES string of the molecule is O=C(COc1cccc(Br)c1)N(CCO)CC(F)F. The second kappa shape index (κ2) is 8.06. The van der Waals surface area contributed by atoms with Gasteiger partial charge in [0.05, 0.1) is 13.2 Å². The predicted molar refractivity (Wildman–Crippen MR) is 69.3 cm³/mol. The quantitative estimate of drug-likeness (QED) is 0.826. The van der Waals surface area contributed by atoms with Crippen molar-refractivity contribution in [3.63, 3.8) is 0 Å². The van der Waals surface area contributed by atoms with Crippen molar-refractivity contribution in [2.75, 3.05) is 26.3 Å². The molecule has 0 spiro atoms. The normalized spacial score (nSPS) is 10.6. The predicted octanol–water partition coefficient (Wildman–Crippen LogP) is 1.91. The second-order valence-corrected chi connectivity index (χ2v) is 4.62. The van der Waals surface area contributed by atoms with Gasteiger partial charge in [0.15, 0.2) is 6.61 Å². The first-order valence-corrected chi connectivity index (χ1v) is 6.37. The van der Waals surface area contributed by atoms with Gasteiger partial charge in [-0.25, -0.2) is 8.78 Å². The first-order chi connectivity index (χ1) is 9.02. The smallest absolute Gasteiger partial charge is 0.260 e. The third-order valence-electron chi connectivity index (χ3n) is 2.24. The van der Waals surface area contributed by atoms with Crippen LogP contribution in [0.15, 0.2) is 28.7 Å². The molecule has 19 heavy (non-hydrogen) atoms. The van der Waals surface area contributed by atoms with E-state index in [-0.39, 0.29) is 19.8 Å². The highest BCUT2D eigenvalue weighted by Gasteiger charge is 2.18. The summed E-state index contributed by atoms with van der Waals surface area (Å²) in [6.45, 7) is -1.55. The number of aliphatic hydroxyl groups is 1. The van der Waals surface area contributed by atoms with E-state index in [1.54, 1.807) is 24.3 Å². The number of aliphatic hydroxyl groups excluding tert-OH is 1. The van der Waals surface area contributed by atoms with Gasteiger partial charge < -0.3 is 14.7 Å². The number of carbonyl (C=O) groups is 1. The molecule has 0 aromatic heterocycles. The summed E-state index contributed by atoms with van der Waals surface area (Å²) in [6.07, 6.45) is -2.64. The lowest BCUT2D eigenvalue weighted by atomic mass is 10.3. The highest BCUT2D eigenvalue weighted by Crippen LogP contribution is 2.17. The Morgan fingerprint density at radius 1 is 1.47 bits per heavy atom. The first-order valence-electron chi connectivity index (χ1n) is 5.58. The largest absolute Gasteiger partial charge is 0.484 e. The summed E-state index contributed by atoms with van der Waals surface area (Å²) in [5.41, 5.74) is 0. The molecule has 0 saturated carbocycles. The van der Waals surface area contributed by atoms with Gasteiger partial charge in [0.2, 0.25) is 0 Å². The van der Waals surface area contributed by atoms with Crippen molar-refractivity contribution in [3.8, 4) is 5.75 Å². The minimum absolute atomic E-state index is 0.134. The summed E-state index contributed by atoms with van der Waals surface area (Å²) in [6, 6.07) is 6.84. The van der Waals surface area contributed by atoms with E-state index in [0.717, 1.165) is 9.37 Å². The van der Waals surface area contributed by atoms with E-state index in [1.165, 1.54) is 0 Å². The van der Waals surface area contributed by atoms with Crippen LogP contribution in [0.1, 0.15) is 0 Å². The van der Waals surface area contributed by atoms with Crippen molar-refractivity contribution in [1.29, 1.82) is 0 Å². The maximum absolute atomic E-state index is 12.3. The molecule has 0 fully saturated rings. The lowest BCUT2D eigenvalue weighted by molar-refractivity contribution is -0.135. The Kier molecular flexibility index (Phi) is 6.72. The van der Waals surface area contributed by atoms with Gasteiger partial charge in [-0.1, -0.05) is 22.0 Å². The number of ether oxygens (including phenoxy) is 1. The van der Waals surface area contributed by atoms with Gasteiger partial charge in [0.1, 0.15) is 5.75 Å². The second-order valence-electron chi connectivity index (χ2n) is 3.70. The van der Waals surface area contributed by atoms with Gasteiger partial charge in [-0.2, -0.15) is 0 Å². The molecule has 1 amide bonds. The average molecular weight is 338 g/mol. The van der Waals surface area contributed by atoms with Crippen LogP contribution < -0.4 is 4.74 Å². The van der Waals surface area contributed by atoms with Crippen LogP contribution in [-0.2, 0) is 4.79 Å². The van der Waals surface area contributed by atoms with Crippen LogP contribution in [0.5, 0.6) is 5.75 Å². The molecule has 0 radical (unpaired) electrons. The van der Waals surface area contributed by atoms with Crippen LogP contribution in [0, 0.1) is 0 Å². The van der Waals surface area contributed by atoms with E-state index in [9.17, 15) is 13.6 Å². The highest BCUT2D eigenvalue weighted by atomic mass is 79.9. The van der Waals surface area contributed by atoms with Gasteiger partial charge in [0.25, 0.3) is 12.3 Å². The number of benzene rings is 1. The lowest BCUT2D eigenvalue weighted by Gasteiger charge is -2.21. The number of hydrogen-bond acceptors (Lipinski definition) is 3. The monoisotopic (exact) mass is 337 g/mol. The minimum Gasteiger partial charge on any atom is -0.484 e. The Morgan fingerprint density at radius 3 is 2.79 bits per heavy atom. The third-order valence-corrected chi connectivity index (χ3v) is 2.73. The number of halogens is 3. The molecule has 0 unspecified atom stereocenters. The van der Waals surface area contributed by atoms with Crippen molar-refractivity contribution in [3.05, 3.63) is 28.7 Å². The molecule has 1 N–H and O–H groups in total. The topological polar surface area (TPSA) is 49.8 Å². The molecule has 1 aromatic carbocycles. The van der Waals surface area contributed by atoms with Gasteiger partial charge in [-0.3, -0.25) is 4.79 Å². The fourth-order valence-electron chi connectivity index (χ4n) is 1.40. The molecule has 106 valence electrons. The van der Waals surface area contributed by atoms with E-state index >= 15 is 0 Å². The Balaban J connectivity index is 2.52. The Labute approximate surface area is 118 Å². The molecule has 1 rings (SSSR count). The summed E-state index contributed by atoms with van der Waals surface area (Å²) in [5.74, 6) is -0.127. The van der Waals surface area contributed by atoms with E-state index in [2.05, 4.69) is 15.9 Å². The number of nitrogens with zero attached hydrogens (tertiary/aromatic N) is 1. The fraction of sp³-hybridized carbons (Fsp3) is 0.417. The van der Waals surface area contributed by atoms with Crippen molar-refractivity contribution >= 4 is 21.8 Å².